The van der Waals surface area contributed by atoms with Gasteiger partial charge in [-0.2, -0.15) is 13.2 Å². The fraction of sp³-hybridized carbons (Fsp3) is 0.333. The van der Waals surface area contributed by atoms with E-state index < -0.39 is 24.5 Å². The van der Waals surface area contributed by atoms with Gasteiger partial charge in [-0.05, 0) is 12.1 Å². The molecule has 9 heteroatoms. The van der Waals surface area contributed by atoms with Gasteiger partial charge in [0, 0.05) is 5.82 Å². The van der Waals surface area contributed by atoms with Gasteiger partial charge in [-0.15, -0.1) is 0 Å². The van der Waals surface area contributed by atoms with Gasteiger partial charge in [0.1, 0.15) is 5.75 Å². The molecule has 0 bridgehead atoms. The van der Waals surface area contributed by atoms with Gasteiger partial charge in [0.25, 0.3) is 0 Å². The molecule has 1 aromatic carbocycles. The van der Waals surface area contributed by atoms with Crippen molar-refractivity contribution in [2.45, 2.75) is 12.0 Å². The van der Waals surface area contributed by atoms with Crippen molar-refractivity contribution in [3.8, 4) is 5.75 Å². The Morgan fingerprint density at radius 3 is 1.78 bits per heavy atom. The molecule has 1 rings (SSSR count). The van der Waals surface area contributed by atoms with E-state index in [-0.39, 0.29) is 57.1 Å². The predicted octanol–water partition coefficient (Wildman–Crippen LogP) is 0.732. The first-order chi connectivity index (χ1) is 7.66. The summed E-state index contributed by atoms with van der Waals surface area (Å²) in [6.07, 6.45) is -5.34. The summed E-state index contributed by atoms with van der Waals surface area (Å²) in [5.74, 6) is -3.21. The van der Waals surface area contributed by atoms with Crippen molar-refractivity contribution in [1.29, 1.82) is 0 Å². The number of methoxy groups -OCH3 is 1. The van der Waals surface area contributed by atoms with E-state index in [0.717, 1.165) is 24.3 Å². The van der Waals surface area contributed by atoms with E-state index in [0.29, 0.717) is 0 Å². The van der Waals surface area contributed by atoms with Crippen LogP contribution in [-0.2, 0) is 0 Å². The van der Waals surface area contributed by atoms with Crippen LogP contribution in [0, 0.1) is 0 Å². The molecule has 0 radical (unpaired) electrons. The second kappa shape index (κ2) is 6.65. The zero-order valence-corrected chi connectivity index (χ0v) is 12.8. The van der Waals surface area contributed by atoms with E-state index in [1.165, 1.54) is 7.11 Å². The molecule has 96 valence electrons. The summed E-state index contributed by atoms with van der Waals surface area (Å²) in [5.41, 5.74) is -0.828. The number of ether oxygens (including phenoxy) is 1. The summed E-state index contributed by atoms with van der Waals surface area (Å²) in [6.45, 7) is -6.04. The largest absolute Gasteiger partial charge is 1.00 e. The van der Waals surface area contributed by atoms with Crippen LogP contribution in [0.1, 0.15) is 11.4 Å². The minimum atomic E-state index is -6.04. The molecule has 0 spiro atoms. The van der Waals surface area contributed by atoms with E-state index >= 15 is 0 Å². The average molecular weight is 296 g/mol. The third-order valence-corrected chi connectivity index (χ3v) is 2.21. The van der Waals surface area contributed by atoms with Crippen molar-refractivity contribution < 1.29 is 82.2 Å². The van der Waals surface area contributed by atoms with Gasteiger partial charge in [-0.25, -0.2) is 0 Å². The van der Waals surface area contributed by atoms with Gasteiger partial charge in [-0.3, -0.25) is 0 Å². The van der Waals surface area contributed by atoms with Crippen molar-refractivity contribution in [2.75, 3.05) is 7.11 Å². The van der Waals surface area contributed by atoms with E-state index in [1.807, 2.05) is 0 Å². The summed E-state index contributed by atoms with van der Waals surface area (Å²) in [5, 5.41) is 0. The maximum Gasteiger partial charge on any atom is 1.00 e. The van der Waals surface area contributed by atoms with Crippen LogP contribution >= 0.6 is 0 Å². The third-order valence-electron chi connectivity index (χ3n) is 2.21. The molecule has 0 aromatic heterocycles. The molecule has 0 aliphatic rings. The van der Waals surface area contributed by atoms with Gasteiger partial charge >= 0.3 is 64.5 Å². The molecule has 0 aliphatic carbocycles. The van der Waals surface area contributed by atoms with Gasteiger partial charge in [-0.1, -0.05) is 17.7 Å². The molecule has 1 unspecified atom stereocenters. The summed E-state index contributed by atoms with van der Waals surface area (Å²) in [6, 6.07) is 3.67. The molecule has 0 N–H and O–H groups in total. The molecule has 1 nitrogen and oxygen atoms in total. The van der Waals surface area contributed by atoms with Crippen LogP contribution in [0.3, 0.4) is 0 Å². The number of rotatable bonds is 3. The van der Waals surface area contributed by atoms with Crippen LogP contribution < -0.4 is 56.1 Å². The summed E-state index contributed by atoms with van der Waals surface area (Å²) < 4.78 is 78.9. The van der Waals surface area contributed by atoms with Crippen LogP contribution in [0.15, 0.2) is 24.3 Å². The summed E-state index contributed by atoms with van der Waals surface area (Å²) in [7, 11) is 1.27. The number of hydrogen-bond donors (Lipinski definition) is 0. The Labute approximate surface area is 142 Å². The van der Waals surface area contributed by atoms with E-state index in [2.05, 4.69) is 4.74 Å². The summed E-state index contributed by atoms with van der Waals surface area (Å²) in [4.78, 5) is 0. The van der Waals surface area contributed by atoms with Crippen molar-refractivity contribution in [3.63, 3.8) is 0 Å². The molecule has 18 heavy (non-hydrogen) atoms. The van der Waals surface area contributed by atoms with Gasteiger partial charge in [0.2, 0.25) is 0 Å². The van der Waals surface area contributed by atoms with Crippen LogP contribution in [0.4, 0.5) is 26.1 Å². The molecule has 0 aliphatic heterocycles. The first-order valence-corrected chi connectivity index (χ1v) is 4.57. The van der Waals surface area contributed by atoms with Crippen LogP contribution in [0.2, 0.25) is 0 Å². The van der Waals surface area contributed by atoms with Crippen molar-refractivity contribution in [1.82, 2.24) is 0 Å². The third kappa shape index (κ3) is 4.77. The Balaban J connectivity index is 0.00000289. The first-order valence-electron chi connectivity index (χ1n) is 4.57. The standard InChI is InChI=1S/C9H8BF6O.K/c1-17-7-4-2-6(3-5-7)8(9(11,12)13)10(14,15)16;/h2-5,8H,1H3;/q-1;+1. The molecular weight excluding hydrogens is 288 g/mol. The first kappa shape index (κ1) is 18.3. The Bertz CT molecular complexity index is 360. The molecule has 0 saturated heterocycles. The molecule has 0 heterocycles. The molecule has 0 saturated carbocycles. The van der Waals surface area contributed by atoms with E-state index in [4.69, 9.17) is 0 Å². The fourth-order valence-electron chi connectivity index (χ4n) is 1.43. The Kier molecular flexibility index (Phi) is 6.76. The SMILES string of the molecule is COc1ccc(C([B-](F)(F)F)C(F)(F)F)cc1.[K+]. The molecule has 0 amide bonds. The number of benzene rings is 1. The average Bonchev–Trinajstić information content (AvgIpc) is 2.14. The van der Waals surface area contributed by atoms with Crippen molar-refractivity contribution in [2.24, 2.45) is 0 Å². The zero-order chi connectivity index (χ0) is 13.3. The van der Waals surface area contributed by atoms with Gasteiger partial charge < -0.3 is 17.7 Å². The summed E-state index contributed by atoms with van der Waals surface area (Å²) >= 11 is 0. The van der Waals surface area contributed by atoms with Crippen molar-refractivity contribution >= 4 is 6.98 Å². The normalized spacial score (nSPS) is 13.7. The molecular formula is C9H8BF6KO. The minimum Gasteiger partial charge on any atom is -0.497 e. The van der Waals surface area contributed by atoms with Gasteiger partial charge in [0.15, 0.2) is 0 Å². The minimum absolute atomic E-state index is 0. The second-order valence-corrected chi connectivity index (χ2v) is 3.42. The van der Waals surface area contributed by atoms with Crippen LogP contribution in [0.5, 0.6) is 5.75 Å². The van der Waals surface area contributed by atoms with Gasteiger partial charge in [0.05, 0.1) is 7.11 Å². The fourth-order valence-corrected chi connectivity index (χ4v) is 1.43. The zero-order valence-electron chi connectivity index (χ0n) is 9.64. The van der Waals surface area contributed by atoms with Crippen LogP contribution in [0.25, 0.3) is 0 Å². The number of alkyl halides is 3. The second-order valence-electron chi connectivity index (χ2n) is 3.42. The predicted molar refractivity (Wildman–Crippen MR) is 50.9 cm³/mol. The maximum absolute atomic E-state index is 12.4. The topological polar surface area (TPSA) is 9.23 Å². The Hall–Kier alpha value is 0.301. The number of hydrogen-bond acceptors (Lipinski definition) is 1. The van der Waals surface area contributed by atoms with Crippen molar-refractivity contribution in [3.05, 3.63) is 29.8 Å². The Morgan fingerprint density at radius 1 is 1.06 bits per heavy atom. The van der Waals surface area contributed by atoms with E-state index in [1.54, 1.807) is 0 Å². The van der Waals surface area contributed by atoms with E-state index in [9.17, 15) is 26.1 Å². The number of halogens is 6. The quantitative estimate of drug-likeness (QED) is 0.590. The molecule has 0 fully saturated rings. The Morgan fingerprint density at radius 2 is 1.50 bits per heavy atom. The molecule has 1 aromatic rings. The monoisotopic (exact) mass is 296 g/mol. The maximum atomic E-state index is 12.4. The smallest absolute Gasteiger partial charge is 0.497 e. The molecule has 1 atom stereocenters. The van der Waals surface area contributed by atoms with Crippen LogP contribution in [-0.4, -0.2) is 20.3 Å².